The van der Waals surface area contributed by atoms with Crippen LogP contribution in [0.2, 0.25) is 0 Å². The van der Waals surface area contributed by atoms with Gasteiger partial charge in [-0.1, -0.05) is 0 Å². The predicted molar refractivity (Wildman–Crippen MR) is 67.4 cm³/mol. The summed E-state index contributed by atoms with van der Waals surface area (Å²) >= 11 is 0.902. The maximum Gasteiger partial charge on any atom is 0.271 e. The van der Waals surface area contributed by atoms with Gasteiger partial charge in [0.15, 0.2) is 0 Å². The molecule has 2 rings (SSSR count). The topological polar surface area (TPSA) is 66.4 Å². The number of hydrogen-bond donors (Lipinski definition) is 2. The van der Waals surface area contributed by atoms with Gasteiger partial charge < -0.3 is 5.11 Å². The lowest BCUT2D eigenvalue weighted by atomic mass is 10.3. The van der Waals surface area contributed by atoms with Crippen molar-refractivity contribution in [1.82, 2.24) is 0 Å². The first-order valence-electron chi connectivity index (χ1n) is 5.08. The van der Waals surface area contributed by atoms with Gasteiger partial charge in [0.25, 0.3) is 10.0 Å². The smallest absolute Gasteiger partial charge is 0.271 e. The monoisotopic (exact) mass is 305 g/mol. The predicted octanol–water partition coefficient (Wildman–Crippen LogP) is 2.32. The van der Waals surface area contributed by atoms with Crippen LogP contribution >= 0.6 is 11.3 Å². The van der Waals surface area contributed by atoms with Gasteiger partial charge in [0.05, 0.1) is 12.3 Å². The van der Waals surface area contributed by atoms with E-state index in [4.69, 9.17) is 5.11 Å². The fraction of sp³-hybridized carbons (Fsp3) is 0.0909. The molecule has 0 fully saturated rings. The van der Waals surface area contributed by atoms with E-state index >= 15 is 0 Å². The minimum atomic E-state index is -3.94. The highest BCUT2D eigenvalue weighted by Crippen LogP contribution is 2.24. The molecule has 0 amide bonds. The Balaban J connectivity index is 2.30. The van der Waals surface area contributed by atoms with E-state index in [1.807, 2.05) is 4.72 Å². The van der Waals surface area contributed by atoms with Crippen molar-refractivity contribution in [2.24, 2.45) is 0 Å². The number of halogens is 2. The average molecular weight is 305 g/mol. The fourth-order valence-electron chi connectivity index (χ4n) is 1.34. The second-order valence-electron chi connectivity index (χ2n) is 3.66. The lowest BCUT2D eigenvalue weighted by molar-refractivity contribution is 0.282. The largest absolute Gasteiger partial charge is 0.392 e. The third kappa shape index (κ3) is 3.09. The van der Waals surface area contributed by atoms with Crippen molar-refractivity contribution in [2.75, 3.05) is 4.72 Å². The first-order chi connectivity index (χ1) is 8.92. The van der Waals surface area contributed by atoms with E-state index in [1.165, 1.54) is 11.4 Å². The molecule has 0 unspecified atom stereocenters. The number of sulfonamides is 1. The summed E-state index contributed by atoms with van der Waals surface area (Å²) in [7, 11) is -3.94. The van der Waals surface area contributed by atoms with E-state index in [9.17, 15) is 17.2 Å². The number of anilines is 1. The minimum absolute atomic E-state index is 0.0553. The summed E-state index contributed by atoms with van der Waals surface area (Å²) in [5, 5.41) is 10.4. The van der Waals surface area contributed by atoms with Crippen LogP contribution < -0.4 is 4.72 Å². The summed E-state index contributed by atoms with van der Waals surface area (Å²) in [5.74, 6) is -1.79. The van der Waals surface area contributed by atoms with Crippen molar-refractivity contribution >= 4 is 27.0 Å². The maximum atomic E-state index is 13.4. The van der Waals surface area contributed by atoms with Gasteiger partial charge in [-0.2, -0.15) is 0 Å². The number of hydrogen-bond acceptors (Lipinski definition) is 4. The molecule has 1 heterocycles. The average Bonchev–Trinajstić information content (AvgIpc) is 2.82. The Morgan fingerprint density at radius 2 is 2.00 bits per heavy atom. The van der Waals surface area contributed by atoms with Crippen molar-refractivity contribution in [3.8, 4) is 0 Å². The summed E-state index contributed by atoms with van der Waals surface area (Å²) < 4.78 is 51.9. The van der Waals surface area contributed by atoms with Crippen LogP contribution in [0, 0.1) is 11.6 Å². The number of aliphatic hydroxyl groups is 1. The SMILES string of the molecule is O=S(=O)(Nc1ccc(F)cc1F)c1cc(CO)cs1. The molecule has 19 heavy (non-hydrogen) atoms. The fourth-order valence-corrected chi connectivity index (χ4v) is 3.61. The molecule has 0 spiro atoms. The minimum Gasteiger partial charge on any atom is -0.392 e. The molecule has 0 saturated carbocycles. The highest BCUT2D eigenvalue weighted by atomic mass is 32.2. The van der Waals surface area contributed by atoms with Gasteiger partial charge in [0, 0.05) is 6.07 Å². The Kier molecular flexibility index (Phi) is 3.83. The third-order valence-electron chi connectivity index (χ3n) is 2.25. The summed E-state index contributed by atoms with van der Waals surface area (Å²) in [6.45, 7) is -0.281. The molecule has 0 atom stereocenters. The number of benzene rings is 1. The molecule has 4 nitrogen and oxygen atoms in total. The standard InChI is InChI=1S/C11H9F2NO3S2/c12-8-1-2-10(9(13)4-8)14-19(16,17)11-3-7(5-15)6-18-11/h1-4,6,14-15H,5H2. The van der Waals surface area contributed by atoms with E-state index in [0.717, 1.165) is 23.5 Å². The molecule has 0 bridgehead atoms. The quantitative estimate of drug-likeness (QED) is 0.911. The van der Waals surface area contributed by atoms with E-state index in [2.05, 4.69) is 0 Å². The third-order valence-corrected chi connectivity index (χ3v) is 5.11. The normalized spacial score (nSPS) is 11.5. The van der Waals surface area contributed by atoms with Crippen LogP contribution in [0.5, 0.6) is 0 Å². The van der Waals surface area contributed by atoms with Gasteiger partial charge in [0.2, 0.25) is 0 Å². The van der Waals surface area contributed by atoms with Crippen LogP contribution in [-0.4, -0.2) is 13.5 Å². The summed E-state index contributed by atoms with van der Waals surface area (Å²) in [6.07, 6.45) is 0. The number of thiophene rings is 1. The molecule has 102 valence electrons. The lowest BCUT2D eigenvalue weighted by Gasteiger charge is -2.07. The van der Waals surface area contributed by atoms with Crippen molar-refractivity contribution in [3.05, 3.63) is 46.8 Å². The van der Waals surface area contributed by atoms with Crippen LogP contribution in [-0.2, 0) is 16.6 Å². The van der Waals surface area contributed by atoms with Crippen molar-refractivity contribution < 1.29 is 22.3 Å². The van der Waals surface area contributed by atoms with Crippen LogP contribution in [0.3, 0.4) is 0 Å². The number of rotatable bonds is 4. The molecule has 1 aromatic carbocycles. The maximum absolute atomic E-state index is 13.4. The van der Waals surface area contributed by atoms with E-state index in [-0.39, 0.29) is 16.5 Å². The van der Waals surface area contributed by atoms with Gasteiger partial charge >= 0.3 is 0 Å². The Labute approximate surface area is 112 Å². The van der Waals surface area contributed by atoms with Gasteiger partial charge in [-0.25, -0.2) is 17.2 Å². The molecule has 0 saturated heterocycles. The lowest BCUT2D eigenvalue weighted by Crippen LogP contribution is -2.12. The van der Waals surface area contributed by atoms with Crippen LogP contribution in [0.25, 0.3) is 0 Å². The summed E-state index contributed by atoms with van der Waals surface area (Å²) in [4.78, 5) is 0. The van der Waals surface area contributed by atoms with Gasteiger partial charge in [-0.15, -0.1) is 11.3 Å². The van der Waals surface area contributed by atoms with Gasteiger partial charge in [-0.3, -0.25) is 4.72 Å². The molecular formula is C11H9F2NO3S2. The van der Waals surface area contributed by atoms with Gasteiger partial charge in [-0.05, 0) is 29.1 Å². The Hall–Kier alpha value is -1.51. The van der Waals surface area contributed by atoms with Gasteiger partial charge in [0.1, 0.15) is 15.8 Å². The highest BCUT2D eigenvalue weighted by Gasteiger charge is 2.18. The second-order valence-corrected chi connectivity index (χ2v) is 6.48. The molecular weight excluding hydrogens is 296 g/mol. The van der Waals surface area contributed by atoms with Crippen LogP contribution in [0.1, 0.15) is 5.56 Å². The summed E-state index contributed by atoms with van der Waals surface area (Å²) in [6, 6.07) is 3.83. The molecule has 0 aliphatic carbocycles. The molecule has 1 aromatic heterocycles. The van der Waals surface area contributed by atoms with E-state index in [0.29, 0.717) is 11.6 Å². The Morgan fingerprint density at radius 3 is 2.58 bits per heavy atom. The molecule has 2 N–H and O–H groups in total. The van der Waals surface area contributed by atoms with Crippen LogP contribution in [0.15, 0.2) is 33.9 Å². The zero-order valence-electron chi connectivity index (χ0n) is 9.43. The van der Waals surface area contributed by atoms with Crippen molar-refractivity contribution in [1.29, 1.82) is 0 Å². The van der Waals surface area contributed by atoms with E-state index in [1.54, 1.807) is 0 Å². The van der Waals surface area contributed by atoms with Crippen molar-refractivity contribution in [3.63, 3.8) is 0 Å². The Morgan fingerprint density at radius 1 is 1.26 bits per heavy atom. The zero-order chi connectivity index (χ0) is 14.0. The molecule has 0 radical (unpaired) electrons. The molecule has 2 aromatic rings. The molecule has 0 aliphatic rings. The molecule has 8 heteroatoms. The van der Waals surface area contributed by atoms with Crippen molar-refractivity contribution in [2.45, 2.75) is 10.8 Å². The summed E-state index contributed by atoms with van der Waals surface area (Å²) in [5.41, 5.74) is 0.116. The zero-order valence-corrected chi connectivity index (χ0v) is 11.1. The van der Waals surface area contributed by atoms with E-state index < -0.39 is 21.7 Å². The highest BCUT2D eigenvalue weighted by molar-refractivity contribution is 7.94. The first kappa shape index (κ1) is 13.9. The second kappa shape index (κ2) is 5.24. The van der Waals surface area contributed by atoms with Crippen LogP contribution in [0.4, 0.5) is 14.5 Å². The number of nitrogens with one attached hydrogen (secondary N) is 1. The Bertz CT molecular complexity index is 698. The first-order valence-corrected chi connectivity index (χ1v) is 7.45. The number of aliphatic hydroxyl groups excluding tert-OH is 1. The molecule has 0 aliphatic heterocycles.